The number of likely N-dealkylation sites (N-methyl/N-ethyl adjacent to an activating group) is 1. The Hall–Kier alpha value is -1.62. The van der Waals surface area contributed by atoms with Crippen LogP contribution >= 0.6 is 0 Å². The van der Waals surface area contributed by atoms with E-state index in [-0.39, 0.29) is 5.91 Å². The first-order valence-corrected chi connectivity index (χ1v) is 6.89. The van der Waals surface area contributed by atoms with Gasteiger partial charge in [-0.25, -0.2) is 4.98 Å². The van der Waals surface area contributed by atoms with Crippen molar-refractivity contribution in [3.63, 3.8) is 0 Å². The first kappa shape index (κ1) is 13.8. The van der Waals surface area contributed by atoms with Crippen LogP contribution in [-0.4, -0.2) is 48.5 Å². The quantitative estimate of drug-likeness (QED) is 0.778. The van der Waals surface area contributed by atoms with Gasteiger partial charge >= 0.3 is 0 Å². The summed E-state index contributed by atoms with van der Waals surface area (Å²) >= 11 is 0. The maximum Gasteiger partial charge on any atom is 0.255 e. The molecule has 1 fully saturated rings. The molecule has 0 aliphatic heterocycles. The molecule has 0 radical (unpaired) electrons. The monoisotopic (exact) mass is 262 g/mol. The van der Waals surface area contributed by atoms with Crippen LogP contribution in [-0.2, 0) is 0 Å². The number of hydrogen-bond donors (Lipinski definition) is 2. The third-order valence-electron chi connectivity index (χ3n) is 3.32. The number of carbonyl (C=O) groups excluding carboxylic acids is 1. The van der Waals surface area contributed by atoms with Crippen LogP contribution in [0.3, 0.4) is 0 Å². The standard InChI is InChI=1S/C14H22N4O/c1-3-15-13-12(5-4-8-16-13)14(19)17-9-10-18(2)11-6-7-11/h4-5,8,11H,3,6-7,9-10H2,1-2H3,(H,15,16)(H,17,19). The molecule has 5 nitrogen and oxygen atoms in total. The molecular weight excluding hydrogens is 240 g/mol. The molecule has 1 heterocycles. The molecule has 1 aliphatic carbocycles. The molecule has 0 aromatic carbocycles. The van der Waals surface area contributed by atoms with Crippen LogP contribution in [0, 0.1) is 0 Å². The van der Waals surface area contributed by atoms with Gasteiger partial charge in [-0.3, -0.25) is 4.79 Å². The number of rotatable bonds is 7. The molecule has 1 aromatic heterocycles. The Morgan fingerprint density at radius 2 is 2.32 bits per heavy atom. The highest BCUT2D eigenvalue weighted by atomic mass is 16.1. The van der Waals surface area contributed by atoms with E-state index in [9.17, 15) is 4.79 Å². The predicted molar refractivity (Wildman–Crippen MR) is 76.4 cm³/mol. The van der Waals surface area contributed by atoms with Crippen molar-refractivity contribution in [2.24, 2.45) is 0 Å². The van der Waals surface area contributed by atoms with E-state index in [1.54, 1.807) is 18.3 Å². The van der Waals surface area contributed by atoms with Gasteiger partial charge < -0.3 is 15.5 Å². The predicted octanol–water partition coefficient (Wildman–Crippen LogP) is 1.34. The van der Waals surface area contributed by atoms with E-state index in [4.69, 9.17) is 0 Å². The zero-order chi connectivity index (χ0) is 13.7. The van der Waals surface area contributed by atoms with Crippen LogP contribution in [0.25, 0.3) is 0 Å². The Labute approximate surface area is 114 Å². The van der Waals surface area contributed by atoms with Crippen molar-refractivity contribution in [3.05, 3.63) is 23.9 Å². The number of carbonyl (C=O) groups is 1. The van der Waals surface area contributed by atoms with Crippen LogP contribution < -0.4 is 10.6 Å². The topological polar surface area (TPSA) is 57.3 Å². The van der Waals surface area contributed by atoms with Crippen LogP contribution in [0.4, 0.5) is 5.82 Å². The van der Waals surface area contributed by atoms with Gasteiger partial charge in [-0.2, -0.15) is 0 Å². The molecule has 104 valence electrons. The molecule has 5 heteroatoms. The maximum atomic E-state index is 12.1. The molecule has 2 N–H and O–H groups in total. The van der Waals surface area contributed by atoms with Crippen LogP contribution in [0.15, 0.2) is 18.3 Å². The summed E-state index contributed by atoms with van der Waals surface area (Å²) in [6.07, 6.45) is 4.27. The van der Waals surface area contributed by atoms with Crippen molar-refractivity contribution in [2.45, 2.75) is 25.8 Å². The minimum atomic E-state index is -0.0618. The second-order valence-electron chi connectivity index (χ2n) is 4.90. The summed E-state index contributed by atoms with van der Waals surface area (Å²) in [4.78, 5) is 18.6. The normalized spacial score (nSPS) is 14.5. The minimum Gasteiger partial charge on any atom is -0.370 e. The molecule has 1 saturated carbocycles. The Bertz CT molecular complexity index is 431. The van der Waals surface area contributed by atoms with E-state index in [1.165, 1.54) is 12.8 Å². The third-order valence-corrected chi connectivity index (χ3v) is 3.32. The van der Waals surface area contributed by atoms with E-state index < -0.39 is 0 Å². The molecule has 2 rings (SSSR count). The van der Waals surface area contributed by atoms with Gasteiger partial charge in [0.1, 0.15) is 5.82 Å². The average molecular weight is 262 g/mol. The lowest BCUT2D eigenvalue weighted by Crippen LogP contribution is -2.34. The molecule has 0 atom stereocenters. The van der Waals surface area contributed by atoms with Crippen molar-refractivity contribution >= 4 is 11.7 Å². The van der Waals surface area contributed by atoms with Crippen LogP contribution in [0.1, 0.15) is 30.1 Å². The third kappa shape index (κ3) is 3.92. The Morgan fingerprint density at radius 1 is 1.53 bits per heavy atom. The van der Waals surface area contributed by atoms with Crippen LogP contribution in [0.5, 0.6) is 0 Å². The molecule has 1 aliphatic rings. The molecule has 19 heavy (non-hydrogen) atoms. The largest absolute Gasteiger partial charge is 0.370 e. The summed E-state index contributed by atoms with van der Waals surface area (Å²) in [5.74, 6) is 0.589. The summed E-state index contributed by atoms with van der Waals surface area (Å²) in [5, 5.41) is 6.05. The van der Waals surface area contributed by atoms with Gasteiger partial charge in [-0.15, -0.1) is 0 Å². The number of anilines is 1. The Morgan fingerprint density at radius 3 is 3.00 bits per heavy atom. The van der Waals surface area contributed by atoms with Gasteiger partial charge in [-0.1, -0.05) is 0 Å². The molecule has 0 unspecified atom stereocenters. The fraction of sp³-hybridized carbons (Fsp3) is 0.571. The highest BCUT2D eigenvalue weighted by molar-refractivity contribution is 5.98. The summed E-state index contributed by atoms with van der Waals surface area (Å²) in [6.45, 7) is 4.31. The van der Waals surface area contributed by atoms with E-state index in [2.05, 4.69) is 27.6 Å². The molecular formula is C14H22N4O. The number of amides is 1. The van der Waals surface area contributed by atoms with Crippen molar-refractivity contribution in [3.8, 4) is 0 Å². The van der Waals surface area contributed by atoms with E-state index >= 15 is 0 Å². The summed E-state index contributed by atoms with van der Waals surface area (Å²) in [5.41, 5.74) is 0.610. The highest BCUT2D eigenvalue weighted by Gasteiger charge is 2.25. The Kier molecular flexibility index (Phi) is 4.74. The fourth-order valence-corrected chi connectivity index (χ4v) is 2.04. The first-order chi connectivity index (χ1) is 9.22. The lowest BCUT2D eigenvalue weighted by molar-refractivity contribution is 0.0950. The SMILES string of the molecule is CCNc1ncccc1C(=O)NCCN(C)C1CC1. The molecule has 0 saturated heterocycles. The zero-order valence-corrected chi connectivity index (χ0v) is 11.6. The van der Waals surface area contributed by atoms with Crippen molar-refractivity contribution in [1.29, 1.82) is 0 Å². The lowest BCUT2D eigenvalue weighted by Gasteiger charge is -2.16. The van der Waals surface area contributed by atoms with E-state index in [0.717, 1.165) is 19.1 Å². The van der Waals surface area contributed by atoms with Crippen molar-refractivity contribution in [2.75, 3.05) is 32.0 Å². The molecule has 0 spiro atoms. The van der Waals surface area contributed by atoms with Gasteiger partial charge in [0.2, 0.25) is 0 Å². The maximum absolute atomic E-state index is 12.1. The zero-order valence-electron chi connectivity index (χ0n) is 11.6. The lowest BCUT2D eigenvalue weighted by atomic mass is 10.2. The van der Waals surface area contributed by atoms with Gasteiger partial charge in [0.15, 0.2) is 0 Å². The minimum absolute atomic E-state index is 0.0618. The summed E-state index contributed by atoms with van der Waals surface area (Å²) < 4.78 is 0. The van der Waals surface area contributed by atoms with Crippen molar-refractivity contribution in [1.82, 2.24) is 15.2 Å². The van der Waals surface area contributed by atoms with E-state index in [0.29, 0.717) is 17.9 Å². The highest BCUT2D eigenvalue weighted by Crippen LogP contribution is 2.24. The first-order valence-electron chi connectivity index (χ1n) is 6.89. The molecule has 0 bridgehead atoms. The second-order valence-corrected chi connectivity index (χ2v) is 4.90. The number of pyridine rings is 1. The van der Waals surface area contributed by atoms with E-state index in [1.807, 2.05) is 6.92 Å². The Balaban J connectivity index is 1.84. The van der Waals surface area contributed by atoms with Crippen molar-refractivity contribution < 1.29 is 4.79 Å². The number of aromatic nitrogens is 1. The summed E-state index contributed by atoms with van der Waals surface area (Å²) in [7, 11) is 2.11. The fourth-order valence-electron chi connectivity index (χ4n) is 2.04. The number of hydrogen-bond acceptors (Lipinski definition) is 4. The average Bonchev–Trinajstić information content (AvgIpc) is 3.24. The number of nitrogens with zero attached hydrogens (tertiary/aromatic N) is 2. The van der Waals surface area contributed by atoms with Gasteiger partial charge in [0.05, 0.1) is 5.56 Å². The number of nitrogens with one attached hydrogen (secondary N) is 2. The molecule has 1 aromatic rings. The second kappa shape index (κ2) is 6.52. The van der Waals surface area contributed by atoms with Gasteiger partial charge in [-0.05, 0) is 38.9 Å². The summed E-state index contributed by atoms with van der Waals surface area (Å²) in [6, 6.07) is 4.31. The van der Waals surface area contributed by atoms with Gasteiger partial charge in [0.25, 0.3) is 5.91 Å². The van der Waals surface area contributed by atoms with Gasteiger partial charge in [0, 0.05) is 31.9 Å². The smallest absolute Gasteiger partial charge is 0.255 e. The van der Waals surface area contributed by atoms with Crippen LogP contribution in [0.2, 0.25) is 0 Å². The molecule has 1 amide bonds.